The van der Waals surface area contributed by atoms with E-state index in [-0.39, 0.29) is 11.9 Å². The van der Waals surface area contributed by atoms with Crippen LogP contribution in [0.15, 0.2) is 42.9 Å². The van der Waals surface area contributed by atoms with E-state index >= 15 is 0 Å². The molecule has 0 aliphatic rings. The number of amides is 1. The summed E-state index contributed by atoms with van der Waals surface area (Å²) in [6.07, 6.45) is 5.41. The fraction of sp³-hybridized carbons (Fsp3) is 0.368. The lowest BCUT2D eigenvalue weighted by molar-refractivity contribution is 0.0684. The first-order valence-electron chi connectivity index (χ1n) is 8.67. The SMILES string of the molecule is Cc1ccccc1Cn1cc(C(=O)N(Cc2cnn(C)c2)C(C)C)nn1. The van der Waals surface area contributed by atoms with Gasteiger partial charge in [0.25, 0.3) is 5.91 Å². The number of hydrogen-bond acceptors (Lipinski definition) is 4. The van der Waals surface area contributed by atoms with Crippen LogP contribution < -0.4 is 0 Å². The summed E-state index contributed by atoms with van der Waals surface area (Å²) >= 11 is 0. The van der Waals surface area contributed by atoms with Gasteiger partial charge in [0.1, 0.15) is 0 Å². The summed E-state index contributed by atoms with van der Waals surface area (Å²) in [4.78, 5) is 14.7. The highest BCUT2D eigenvalue weighted by Gasteiger charge is 2.22. The summed E-state index contributed by atoms with van der Waals surface area (Å²) in [5.41, 5.74) is 3.70. The monoisotopic (exact) mass is 352 g/mol. The van der Waals surface area contributed by atoms with Gasteiger partial charge in [0, 0.05) is 31.4 Å². The second kappa shape index (κ2) is 7.51. The van der Waals surface area contributed by atoms with E-state index in [4.69, 9.17) is 0 Å². The van der Waals surface area contributed by atoms with Crippen molar-refractivity contribution in [3.63, 3.8) is 0 Å². The molecule has 0 atom stereocenters. The third-order valence-corrected chi connectivity index (χ3v) is 4.35. The lowest BCUT2D eigenvalue weighted by atomic mass is 10.1. The molecule has 0 saturated carbocycles. The molecule has 0 aliphatic carbocycles. The highest BCUT2D eigenvalue weighted by Crippen LogP contribution is 2.13. The van der Waals surface area contributed by atoms with Gasteiger partial charge in [-0.3, -0.25) is 9.48 Å². The lowest BCUT2D eigenvalue weighted by Crippen LogP contribution is -2.36. The van der Waals surface area contributed by atoms with Gasteiger partial charge in [0.05, 0.1) is 18.9 Å². The van der Waals surface area contributed by atoms with Crippen LogP contribution in [0.25, 0.3) is 0 Å². The molecule has 136 valence electrons. The predicted octanol–water partition coefficient (Wildman–Crippen LogP) is 2.42. The molecular formula is C19H24N6O. The van der Waals surface area contributed by atoms with Gasteiger partial charge in [0.2, 0.25) is 0 Å². The Morgan fingerprint density at radius 2 is 2.00 bits per heavy atom. The number of aromatic nitrogens is 5. The van der Waals surface area contributed by atoms with Gasteiger partial charge in [-0.2, -0.15) is 5.10 Å². The Balaban J connectivity index is 1.75. The maximum Gasteiger partial charge on any atom is 0.276 e. The Morgan fingerprint density at radius 3 is 2.65 bits per heavy atom. The Bertz CT molecular complexity index is 895. The van der Waals surface area contributed by atoms with Crippen molar-refractivity contribution in [2.24, 2.45) is 7.05 Å². The first kappa shape index (κ1) is 17.8. The molecule has 0 unspecified atom stereocenters. The fourth-order valence-corrected chi connectivity index (χ4v) is 2.82. The second-order valence-electron chi connectivity index (χ2n) is 6.78. The number of carbonyl (C=O) groups excluding carboxylic acids is 1. The van der Waals surface area contributed by atoms with Crippen molar-refractivity contribution in [1.82, 2.24) is 29.7 Å². The number of carbonyl (C=O) groups is 1. The average Bonchev–Trinajstić information content (AvgIpc) is 3.23. The Kier molecular flexibility index (Phi) is 5.16. The van der Waals surface area contributed by atoms with E-state index in [9.17, 15) is 4.79 Å². The van der Waals surface area contributed by atoms with E-state index in [1.165, 1.54) is 5.56 Å². The van der Waals surface area contributed by atoms with Crippen molar-refractivity contribution in [2.45, 2.75) is 39.9 Å². The van der Waals surface area contributed by atoms with Crippen LogP contribution in [0.2, 0.25) is 0 Å². The number of aryl methyl sites for hydroxylation is 2. The Morgan fingerprint density at radius 1 is 1.23 bits per heavy atom. The molecule has 1 aromatic carbocycles. The third kappa shape index (κ3) is 3.99. The molecular weight excluding hydrogens is 328 g/mol. The quantitative estimate of drug-likeness (QED) is 0.683. The third-order valence-electron chi connectivity index (χ3n) is 4.35. The van der Waals surface area contributed by atoms with E-state index in [1.807, 2.05) is 39.2 Å². The van der Waals surface area contributed by atoms with Gasteiger partial charge >= 0.3 is 0 Å². The zero-order chi connectivity index (χ0) is 18.7. The molecule has 0 N–H and O–H groups in total. The number of benzene rings is 1. The predicted molar refractivity (Wildman–Crippen MR) is 98.5 cm³/mol. The van der Waals surface area contributed by atoms with E-state index in [0.717, 1.165) is 11.1 Å². The van der Waals surface area contributed by atoms with Crippen LogP contribution in [0.3, 0.4) is 0 Å². The zero-order valence-electron chi connectivity index (χ0n) is 15.6. The standard InChI is InChI=1S/C19H24N6O/c1-14(2)25(11-16-9-20-23(4)10-16)19(26)18-13-24(22-21-18)12-17-8-6-5-7-15(17)3/h5-10,13-14H,11-12H2,1-4H3. The van der Waals surface area contributed by atoms with Crippen molar-refractivity contribution in [3.8, 4) is 0 Å². The smallest absolute Gasteiger partial charge is 0.276 e. The number of hydrogen-bond donors (Lipinski definition) is 0. The van der Waals surface area contributed by atoms with Gasteiger partial charge in [-0.15, -0.1) is 5.10 Å². The van der Waals surface area contributed by atoms with E-state index in [2.05, 4.69) is 34.5 Å². The minimum atomic E-state index is -0.125. The normalized spacial score (nSPS) is 11.1. The first-order valence-corrected chi connectivity index (χ1v) is 8.67. The minimum absolute atomic E-state index is 0.0456. The van der Waals surface area contributed by atoms with Crippen molar-refractivity contribution < 1.29 is 4.79 Å². The molecule has 7 heteroatoms. The van der Waals surface area contributed by atoms with Crippen LogP contribution in [0, 0.1) is 6.92 Å². The van der Waals surface area contributed by atoms with E-state index in [0.29, 0.717) is 18.8 Å². The van der Waals surface area contributed by atoms with Crippen molar-refractivity contribution in [3.05, 3.63) is 65.2 Å². The molecule has 2 heterocycles. The largest absolute Gasteiger partial charge is 0.330 e. The fourth-order valence-electron chi connectivity index (χ4n) is 2.82. The molecule has 2 aromatic heterocycles. The highest BCUT2D eigenvalue weighted by molar-refractivity contribution is 5.92. The van der Waals surface area contributed by atoms with Crippen LogP contribution in [0.5, 0.6) is 0 Å². The maximum absolute atomic E-state index is 12.9. The van der Waals surface area contributed by atoms with Gasteiger partial charge in [-0.1, -0.05) is 29.5 Å². The second-order valence-corrected chi connectivity index (χ2v) is 6.78. The average molecular weight is 352 g/mol. The van der Waals surface area contributed by atoms with E-state index in [1.54, 1.807) is 26.7 Å². The lowest BCUT2D eigenvalue weighted by Gasteiger charge is -2.25. The van der Waals surface area contributed by atoms with Crippen LogP contribution >= 0.6 is 0 Å². The van der Waals surface area contributed by atoms with Gasteiger partial charge in [-0.05, 0) is 31.9 Å². The molecule has 0 fully saturated rings. The maximum atomic E-state index is 12.9. The van der Waals surface area contributed by atoms with Gasteiger partial charge < -0.3 is 4.90 Å². The molecule has 0 radical (unpaired) electrons. The summed E-state index contributed by atoms with van der Waals surface area (Å²) in [6, 6.07) is 8.17. The summed E-state index contributed by atoms with van der Waals surface area (Å²) < 4.78 is 3.44. The summed E-state index contributed by atoms with van der Waals surface area (Å²) in [7, 11) is 1.86. The Labute approximate surface area is 153 Å². The molecule has 0 spiro atoms. The summed E-state index contributed by atoms with van der Waals surface area (Å²) in [6.45, 7) is 7.14. The number of rotatable bonds is 6. The van der Waals surface area contributed by atoms with Crippen molar-refractivity contribution in [2.75, 3.05) is 0 Å². The highest BCUT2D eigenvalue weighted by atomic mass is 16.2. The molecule has 3 aromatic rings. The molecule has 0 aliphatic heterocycles. The zero-order valence-corrected chi connectivity index (χ0v) is 15.6. The summed E-state index contributed by atoms with van der Waals surface area (Å²) in [5.74, 6) is -0.125. The van der Waals surface area contributed by atoms with Crippen LogP contribution in [-0.4, -0.2) is 41.6 Å². The molecule has 0 saturated heterocycles. The molecule has 0 bridgehead atoms. The van der Waals surface area contributed by atoms with Crippen molar-refractivity contribution >= 4 is 5.91 Å². The van der Waals surface area contributed by atoms with Gasteiger partial charge in [-0.25, -0.2) is 4.68 Å². The first-order chi connectivity index (χ1) is 12.4. The van der Waals surface area contributed by atoms with Crippen LogP contribution in [0.1, 0.15) is 41.0 Å². The topological polar surface area (TPSA) is 68.8 Å². The molecule has 1 amide bonds. The van der Waals surface area contributed by atoms with Gasteiger partial charge in [0.15, 0.2) is 5.69 Å². The summed E-state index contributed by atoms with van der Waals surface area (Å²) in [5, 5.41) is 12.4. The minimum Gasteiger partial charge on any atom is -0.330 e. The van der Waals surface area contributed by atoms with Crippen molar-refractivity contribution in [1.29, 1.82) is 0 Å². The molecule has 3 rings (SSSR count). The number of nitrogens with zero attached hydrogens (tertiary/aromatic N) is 6. The Hall–Kier alpha value is -2.96. The molecule has 7 nitrogen and oxygen atoms in total. The molecule has 26 heavy (non-hydrogen) atoms. The van der Waals surface area contributed by atoms with Crippen LogP contribution in [0.4, 0.5) is 0 Å². The van der Waals surface area contributed by atoms with E-state index < -0.39 is 0 Å². The van der Waals surface area contributed by atoms with Crippen LogP contribution in [-0.2, 0) is 20.1 Å².